The van der Waals surface area contributed by atoms with Gasteiger partial charge in [-0.15, -0.1) is 0 Å². The number of nitrogens with one attached hydrogen (secondary N) is 2. The minimum Gasteiger partial charge on any atom is -0.463 e. The summed E-state index contributed by atoms with van der Waals surface area (Å²) in [5.74, 6) is 1.20. The molecule has 26 heavy (non-hydrogen) atoms. The zero-order valence-electron chi connectivity index (χ0n) is 14.6. The minimum absolute atomic E-state index is 0.236. The van der Waals surface area contributed by atoms with Gasteiger partial charge in [0.1, 0.15) is 5.82 Å². The molecule has 1 aromatic rings. The summed E-state index contributed by atoms with van der Waals surface area (Å²) in [4.78, 5) is 27.0. The summed E-state index contributed by atoms with van der Waals surface area (Å²) in [5.41, 5.74) is 1.56. The van der Waals surface area contributed by atoms with Crippen molar-refractivity contribution in [2.75, 3.05) is 37.7 Å². The van der Waals surface area contributed by atoms with Crippen LogP contribution in [0.2, 0.25) is 0 Å². The highest BCUT2D eigenvalue weighted by molar-refractivity contribution is 7.99. The summed E-state index contributed by atoms with van der Waals surface area (Å²) in [6.45, 7) is 4.24. The van der Waals surface area contributed by atoms with Gasteiger partial charge in [-0.05, 0) is 24.6 Å². The van der Waals surface area contributed by atoms with Gasteiger partial charge in [0.25, 0.3) is 0 Å². The monoisotopic (exact) mass is 379 g/mol. The molecule has 0 aromatic heterocycles. The van der Waals surface area contributed by atoms with Crippen molar-refractivity contribution in [2.24, 2.45) is 0 Å². The van der Waals surface area contributed by atoms with E-state index in [0.717, 1.165) is 24.6 Å². The molecule has 0 saturated carbocycles. The number of amides is 2. The summed E-state index contributed by atoms with van der Waals surface area (Å²) in [6.07, 6.45) is 0. The minimum atomic E-state index is -0.669. The van der Waals surface area contributed by atoms with Gasteiger partial charge in [-0.2, -0.15) is 11.8 Å². The van der Waals surface area contributed by atoms with E-state index in [9.17, 15) is 14.0 Å². The predicted molar refractivity (Wildman–Crippen MR) is 98.2 cm³/mol. The molecular formula is C18H22FN3O3S. The van der Waals surface area contributed by atoms with E-state index in [-0.39, 0.29) is 18.5 Å². The normalized spacial score (nSPS) is 21.2. The number of nitrogens with zero attached hydrogens (tertiary/aromatic N) is 1. The number of carbonyl (C=O) groups is 2. The number of esters is 1. The molecule has 2 amide bonds. The second-order valence-corrected chi connectivity index (χ2v) is 7.31. The average molecular weight is 379 g/mol. The number of urea groups is 1. The molecule has 1 aromatic carbocycles. The van der Waals surface area contributed by atoms with Gasteiger partial charge in [0.05, 0.1) is 18.2 Å². The van der Waals surface area contributed by atoms with E-state index in [2.05, 4.69) is 15.5 Å². The zero-order valence-corrected chi connectivity index (χ0v) is 15.4. The standard InChI is InChI=1S/C18H22FN3O3S/c1-2-25-17(23)15-14(11-22-7-9-26-10-8-22)20-18(24)21-16(15)12-3-5-13(19)6-4-12/h3-6,16H,2,7-11H2,1H3,(H2,20,21,24)/t16-/m0/s1. The molecule has 2 aliphatic rings. The molecule has 0 spiro atoms. The highest BCUT2D eigenvalue weighted by atomic mass is 32.2. The van der Waals surface area contributed by atoms with Crippen molar-refractivity contribution < 1.29 is 18.7 Å². The number of hydrogen-bond donors (Lipinski definition) is 2. The number of benzene rings is 1. The number of hydrogen-bond acceptors (Lipinski definition) is 5. The smallest absolute Gasteiger partial charge is 0.338 e. The number of thioether (sulfide) groups is 1. The van der Waals surface area contributed by atoms with Crippen molar-refractivity contribution in [3.63, 3.8) is 0 Å². The first-order valence-corrected chi connectivity index (χ1v) is 9.77. The molecule has 2 N–H and O–H groups in total. The van der Waals surface area contributed by atoms with Crippen LogP contribution in [0.3, 0.4) is 0 Å². The summed E-state index contributed by atoms with van der Waals surface area (Å²) in [7, 11) is 0. The highest BCUT2D eigenvalue weighted by Gasteiger charge is 2.34. The van der Waals surface area contributed by atoms with Crippen molar-refractivity contribution in [1.29, 1.82) is 0 Å². The Kier molecular flexibility index (Phi) is 6.16. The first-order valence-electron chi connectivity index (χ1n) is 8.61. The van der Waals surface area contributed by atoms with Gasteiger partial charge in [-0.25, -0.2) is 14.0 Å². The fraction of sp³-hybridized carbons (Fsp3) is 0.444. The molecule has 2 heterocycles. The maximum atomic E-state index is 13.3. The van der Waals surface area contributed by atoms with E-state index in [1.807, 2.05) is 11.8 Å². The van der Waals surface area contributed by atoms with Crippen LogP contribution in [-0.2, 0) is 9.53 Å². The van der Waals surface area contributed by atoms with Crippen LogP contribution in [-0.4, -0.2) is 54.6 Å². The summed E-state index contributed by atoms with van der Waals surface area (Å²) < 4.78 is 18.5. The Morgan fingerprint density at radius 3 is 2.65 bits per heavy atom. The second-order valence-electron chi connectivity index (χ2n) is 6.08. The second kappa shape index (κ2) is 8.55. The molecule has 3 rings (SSSR count). The van der Waals surface area contributed by atoms with E-state index < -0.39 is 12.0 Å². The number of carbonyl (C=O) groups excluding carboxylic acids is 2. The average Bonchev–Trinajstić information content (AvgIpc) is 2.63. The fourth-order valence-corrected chi connectivity index (χ4v) is 4.06. The molecule has 0 bridgehead atoms. The lowest BCUT2D eigenvalue weighted by molar-refractivity contribution is -0.139. The Labute approximate surface area is 156 Å². The maximum absolute atomic E-state index is 13.3. The van der Waals surface area contributed by atoms with Crippen molar-refractivity contribution in [2.45, 2.75) is 13.0 Å². The molecule has 1 fully saturated rings. The third-order valence-electron chi connectivity index (χ3n) is 4.34. The van der Waals surface area contributed by atoms with Crippen molar-refractivity contribution >= 4 is 23.8 Å². The van der Waals surface area contributed by atoms with Gasteiger partial charge >= 0.3 is 12.0 Å². The van der Waals surface area contributed by atoms with Crippen molar-refractivity contribution in [3.05, 3.63) is 46.9 Å². The molecule has 0 radical (unpaired) electrons. The van der Waals surface area contributed by atoms with Crippen LogP contribution in [0.1, 0.15) is 18.5 Å². The van der Waals surface area contributed by atoms with Crippen molar-refractivity contribution in [1.82, 2.24) is 15.5 Å². The Bertz CT molecular complexity index is 702. The molecule has 8 heteroatoms. The Morgan fingerprint density at radius 2 is 2.00 bits per heavy atom. The van der Waals surface area contributed by atoms with Gasteiger partial charge in [-0.3, -0.25) is 4.90 Å². The van der Waals surface area contributed by atoms with Crippen molar-refractivity contribution in [3.8, 4) is 0 Å². The molecule has 2 aliphatic heterocycles. The largest absolute Gasteiger partial charge is 0.463 e. The molecule has 1 saturated heterocycles. The molecule has 1 atom stereocenters. The summed E-state index contributed by atoms with van der Waals surface area (Å²) >= 11 is 1.89. The third kappa shape index (κ3) is 4.37. The number of ether oxygens (including phenoxy) is 1. The fourth-order valence-electron chi connectivity index (χ4n) is 3.08. The molecule has 0 unspecified atom stereocenters. The van der Waals surface area contributed by atoms with Crippen LogP contribution in [0.4, 0.5) is 9.18 Å². The predicted octanol–water partition coefficient (Wildman–Crippen LogP) is 2.05. The van der Waals surface area contributed by atoms with Crippen LogP contribution < -0.4 is 10.6 Å². The topological polar surface area (TPSA) is 70.7 Å². The van der Waals surface area contributed by atoms with E-state index in [0.29, 0.717) is 23.4 Å². The van der Waals surface area contributed by atoms with E-state index >= 15 is 0 Å². The lowest BCUT2D eigenvalue weighted by atomic mass is 9.95. The first kappa shape index (κ1) is 18.7. The van der Waals surface area contributed by atoms with E-state index in [1.165, 1.54) is 12.1 Å². The molecule has 0 aliphatic carbocycles. The highest BCUT2D eigenvalue weighted by Crippen LogP contribution is 2.28. The Morgan fingerprint density at radius 1 is 1.31 bits per heavy atom. The van der Waals surface area contributed by atoms with E-state index in [1.54, 1.807) is 19.1 Å². The third-order valence-corrected chi connectivity index (χ3v) is 5.28. The van der Waals surface area contributed by atoms with E-state index in [4.69, 9.17) is 4.74 Å². The van der Waals surface area contributed by atoms with Crippen LogP contribution in [0.15, 0.2) is 35.5 Å². The summed E-state index contributed by atoms with van der Waals surface area (Å²) in [5, 5.41) is 5.53. The Hall–Kier alpha value is -2.06. The van der Waals surface area contributed by atoms with Crippen LogP contribution >= 0.6 is 11.8 Å². The zero-order chi connectivity index (χ0) is 18.5. The van der Waals surface area contributed by atoms with Crippen LogP contribution in [0, 0.1) is 5.82 Å². The lowest BCUT2D eigenvalue weighted by Crippen LogP contribution is -2.49. The molecule has 6 nitrogen and oxygen atoms in total. The van der Waals surface area contributed by atoms with Gasteiger partial charge in [0.2, 0.25) is 0 Å². The van der Waals surface area contributed by atoms with Gasteiger partial charge in [0.15, 0.2) is 0 Å². The Balaban J connectivity index is 1.96. The van der Waals surface area contributed by atoms with Crippen LogP contribution in [0.25, 0.3) is 0 Å². The van der Waals surface area contributed by atoms with Gasteiger partial charge < -0.3 is 15.4 Å². The van der Waals surface area contributed by atoms with Gasteiger partial charge in [0, 0.05) is 36.8 Å². The number of halogens is 1. The number of rotatable bonds is 5. The lowest BCUT2D eigenvalue weighted by Gasteiger charge is -2.33. The van der Waals surface area contributed by atoms with Crippen LogP contribution in [0.5, 0.6) is 0 Å². The SMILES string of the molecule is CCOC(=O)C1=C(CN2CCSCC2)NC(=O)N[C@H]1c1ccc(F)cc1. The first-order chi connectivity index (χ1) is 12.6. The quantitative estimate of drug-likeness (QED) is 0.767. The van der Waals surface area contributed by atoms with Gasteiger partial charge in [-0.1, -0.05) is 12.1 Å². The summed E-state index contributed by atoms with van der Waals surface area (Å²) in [6, 6.07) is 4.72. The maximum Gasteiger partial charge on any atom is 0.338 e. The molecular weight excluding hydrogens is 357 g/mol. The molecule has 140 valence electrons.